The van der Waals surface area contributed by atoms with E-state index in [1.54, 1.807) is 23.1 Å². The van der Waals surface area contributed by atoms with E-state index >= 15 is 0 Å². The molecular weight excluding hydrogens is 304 g/mol. The van der Waals surface area contributed by atoms with Gasteiger partial charge in [0.25, 0.3) is 0 Å². The molecule has 0 amide bonds. The van der Waals surface area contributed by atoms with Gasteiger partial charge in [0.15, 0.2) is 5.13 Å². The molecule has 2 aromatic rings. The van der Waals surface area contributed by atoms with Crippen molar-refractivity contribution in [3.63, 3.8) is 0 Å². The largest absolute Gasteiger partial charge is 0.481 e. The maximum Gasteiger partial charge on any atom is 0.312 e. The number of aryl methyl sites for hydroxylation is 1. The third-order valence-corrected chi connectivity index (χ3v) is 5.35. The van der Waals surface area contributed by atoms with Crippen LogP contribution in [-0.2, 0) is 11.2 Å². The van der Waals surface area contributed by atoms with E-state index in [4.69, 9.17) is 0 Å². The lowest BCUT2D eigenvalue weighted by Crippen LogP contribution is -2.17. The average Bonchev–Trinajstić information content (AvgIpc) is 2.89. The van der Waals surface area contributed by atoms with Crippen LogP contribution in [0.4, 0.5) is 10.8 Å². The van der Waals surface area contributed by atoms with Gasteiger partial charge in [-0.25, -0.2) is 4.98 Å². The molecule has 1 atom stereocenters. The third kappa shape index (κ3) is 3.06. The first-order valence-electron chi connectivity index (χ1n) is 6.81. The Morgan fingerprint density at radius 1 is 1.52 bits per heavy atom. The van der Waals surface area contributed by atoms with Crippen LogP contribution in [0.2, 0.25) is 0 Å². The van der Waals surface area contributed by atoms with E-state index < -0.39 is 11.9 Å². The molecular formula is C15H16N2O2S2. The topological polar surface area (TPSA) is 62.2 Å². The Morgan fingerprint density at radius 3 is 3.14 bits per heavy atom. The summed E-state index contributed by atoms with van der Waals surface area (Å²) < 4.78 is 0. The summed E-state index contributed by atoms with van der Waals surface area (Å²) in [6, 6.07) is 8.12. The number of hydrogen-bond donors (Lipinski definition) is 2. The fraction of sp³-hybridized carbons (Fsp3) is 0.333. The van der Waals surface area contributed by atoms with Crippen molar-refractivity contribution in [3.05, 3.63) is 34.8 Å². The lowest BCUT2D eigenvalue weighted by atomic mass is 9.91. The van der Waals surface area contributed by atoms with Crippen LogP contribution in [0.3, 0.4) is 0 Å². The molecule has 4 nitrogen and oxygen atoms in total. The highest BCUT2D eigenvalue weighted by atomic mass is 32.2. The summed E-state index contributed by atoms with van der Waals surface area (Å²) in [4.78, 5) is 18.1. The van der Waals surface area contributed by atoms with Gasteiger partial charge in [0.1, 0.15) is 5.92 Å². The predicted molar refractivity (Wildman–Crippen MR) is 86.9 cm³/mol. The summed E-state index contributed by atoms with van der Waals surface area (Å²) in [6.45, 7) is 0. The second-order valence-electron chi connectivity index (χ2n) is 4.97. The van der Waals surface area contributed by atoms with Crippen molar-refractivity contribution in [2.45, 2.75) is 30.1 Å². The summed E-state index contributed by atoms with van der Waals surface area (Å²) in [6.07, 6.45) is 4.59. The van der Waals surface area contributed by atoms with Crippen molar-refractivity contribution in [2.24, 2.45) is 0 Å². The zero-order valence-electron chi connectivity index (χ0n) is 11.6. The summed E-state index contributed by atoms with van der Waals surface area (Å²) in [5.74, 6) is -1.21. The summed E-state index contributed by atoms with van der Waals surface area (Å²) >= 11 is 3.26. The van der Waals surface area contributed by atoms with Crippen molar-refractivity contribution in [1.29, 1.82) is 0 Å². The number of carboxylic acids is 1. The highest BCUT2D eigenvalue weighted by molar-refractivity contribution is 7.98. The lowest BCUT2D eigenvalue weighted by molar-refractivity contribution is -0.139. The van der Waals surface area contributed by atoms with Crippen molar-refractivity contribution < 1.29 is 9.90 Å². The zero-order valence-corrected chi connectivity index (χ0v) is 13.3. The zero-order chi connectivity index (χ0) is 14.8. The molecule has 1 aromatic carbocycles. The first kappa shape index (κ1) is 14.4. The Morgan fingerprint density at radius 2 is 2.38 bits per heavy atom. The number of thioether (sulfide) groups is 1. The highest BCUT2D eigenvalue weighted by Gasteiger charge is 2.29. The molecule has 2 N–H and O–H groups in total. The van der Waals surface area contributed by atoms with E-state index in [2.05, 4.69) is 22.4 Å². The van der Waals surface area contributed by atoms with Crippen molar-refractivity contribution in [2.75, 3.05) is 11.6 Å². The molecule has 6 heteroatoms. The fourth-order valence-corrected chi connectivity index (χ4v) is 4.08. The van der Waals surface area contributed by atoms with Gasteiger partial charge < -0.3 is 10.4 Å². The molecule has 1 unspecified atom stereocenters. The molecule has 0 bridgehead atoms. The van der Waals surface area contributed by atoms with Gasteiger partial charge in [-0.15, -0.1) is 23.1 Å². The van der Waals surface area contributed by atoms with Gasteiger partial charge >= 0.3 is 5.97 Å². The summed E-state index contributed by atoms with van der Waals surface area (Å²) in [5.41, 5.74) is 1.74. The average molecular weight is 320 g/mol. The molecule has 0 saturated carbocycles. The van der Waals surface area contributed by atoms with Crippen LogP contribution in [0.15, 0.2) is 29.2 Å². The minimum absolute atomic E-state index is 0.446. The van der Waals surface area contributed by atoms with Crippen LogP contribution in [0.25, 0.3) is 0 Å². The Labute approximate surface area is 131 Å². The van der Waals surface area contributed by atoms with Crippen LogP contribution in [0.5, 0.6) is 0 Å². The van der Waals surface area contributed by atoms with Crippen LogP contribution >= 0.6 is 23.1 Å². The second-order valence-corrected chi connectivity index (χ2v) is 6.93. The van der Waals surface area contributed by atoms with Crippen LogP contribution in [0.1, 0.15) is 29.3 Å². The van der Waals surface area contributed by atoms with Gasteiger partial charge in [0, 0.05) is 15.5 Å². The molecule has 1 heterocycles. The molecule has 3 rings (SSSR count). The SMILES string of the molecule is CSc1cccc(Nc2nc3c(s2)CCCC3C(=O)O)c1. The Hall–Kier alpha value is -1.53. The second kappa shape index (κ2) is 6.07. The van der Waals surface area contributed by atoms with Crippen molar-refractivity contribution in [3.8, 4) is 0 Å². The number of aromatic nitrogens is 1. The number of carboxylic acid groups (broad SMARTS) is 1. The normalized spacial score (nSPS) is 17.3. The molecule has 110 valence electrons. The van der Waals surface area contributed by atoms with Crippen molar-refractivity contribution in [1.82, 2.24) is 4.98 Å². The number of rotatable bonds is 4. The third-order valence-electron chi connectivity index (χ3n) is 3.57. The minimum Gasteiger partial charge on any atom is -0.481 e. The van der Waals surface area contributed by atoms with E-state index in [1.165, 1.54) is 4.90 Å². The van der Waals surface area contributed by atoms with Gasteiger partial charge in [-0.1, -0.05) is 6.07 Å². The standard InChI is InChI=1S/C15H16N2O2S2/c1-20-10-5-2-4-9(8-10)16-15-17-13-11(14(18)19)6-3-7-12(13)21-15/h2,4-5,8,11H,3,6-7H2,1H3,(H,16,17)(H,18,19). The van der Waals surface area contributed by atoms with Crippen LogP contribution in [-0.4, -0.2) is 22.3 Å². The Bertz CT molecular complexity index is 669. The first-order valence-corrected chi connectivity index (χ1v) is 8.85. The van der Waals surface area contributed by atoms with Gasteiger partial charge in [-0.2, -0.15) is 0 Å². The maximum absolute atomic E-state index is 11.3. The summed E-state index contributed by atoms with van der Waals surface area (Å²) in [7, 11) is 0. The molecule has 0 fully saturated rings. The number of nitrogens with zero attached hydrogens (tertiary/aromatic N) is 1. The van der Waals surface area contributed by atoms with E-state index in [1.807, 2.05) is 18.4 Å². The van der Waals surface area contributed by atoms with Crippen LogP contribution < -0.4 is 5.32 Å². The van der Waals surface area contributed by atoms with Gasteiger partial charge in [-0.3, -0.25) is 4.79 Å². The van der Waals surface area contributed by atoms with E-state index in [-0.39, 0.29) is 0 Å². The molecule has 0 aliphatic heterocycles. The van der Waals surface area contributed by atoms with Crippen molar-refractivity contribution >= 4 is 39.9 Å². The van der Waals surface area contributed by atoms with Gasteiger partial charge in [-0.05, 0) is 43.7 Å². The smallest absolute Gasteiger partial charge is 0.312 e. The van der Waals surface area contributed by atoms with E-state index in [9.17, 15) is 9.90 Å². The number of carbonyl (C=O) groups is 1. The number of nitrogens with one attached hydrogen (secondary N) is 1. The number of anilines is 2. The minimum atomic E-state index is -0.766. The Balaban J connectivity index is 1.85. The number of thiazole rings is 1. The van der Waals surface area contributed by atoms with E-state index in [0.29, 0.717) is 6.42 Å². The number of hydrogen-bond acceptors (Lipinski definition) is 5. The van der Waals surface area contributed by atoms with E-state index in [0.717, 1.165) is 34.2 Å². The van der Waals surface area contributed by atoms with Gasteiger partial charge in [0.2, 0.25) is 0 Å². The summed E-state index contributed by atoms with van der Waals surface area (Å²) in [5, 5.41) is 13.4. The molecule has 1 aliphatic carbocycles. The predicted octanol–water partition coefficient (Wildman–Crippen LogP) is 4.11. The molecule has 0 spiro atoms. The monoisotopic (exact) mass is 320 g/mol. The van der Waals surface area contributed by atoms with Crippen LogP contribution in [0, 0.1) is 0 Å². The molecule has 21 heavy (non-hydrogen) atoms. The number of aliphatic carboxylic acids is 1. The molecule has 0 radical (unpaired) electrons. The lowest BCUT2D eigenvalue weighted by Gasteiger charge is -2.16. The van der Waals surface area contributed by atoms with Gasteiger partial charge in [0.05, 0.1) is 5.69 Å². The first-order chi connectivity index (χ1) is 10.2. The number of fused-ring (bicyclic) bond motifs is 1. The Kier molecular flexibility index (Phi) is 4.17. The fourth-order valence-electron chi connectivity index (χ4n) is 2.54. The maximum atomic E-state index is 11.3. The molecule has 1 aromatic heterocycles. The number of benzene rings is 1. The quantitative estimate of drug-likeness (QED) is 0.830. The highest BCUT2D eigenvalue weighted by Crippen LogP contribution is 2.37. The molecule has 1 aliphatic rings. The molecule has 0 saturated heterocycles.